The van der Waals surface area contributed by atoms with Gasteiger partial charge in [0.05, 0.1) is 13.2 Å². The van der Waals surface area contributed by atoms with Crippen molar-refractivity contribution < 1.29 is 70.4 Å². The first-order chi connectivity index (χ1) is 16.6. The topological polar surface area (TPSA) is 113 Å². The first kappa shape index (κ1) is 37.8. The molecule has 0 amide bonds. The molecule has 0 bridgehead atoms. The summed E-state index contributed by atoms with van der Waals surface area (Å²) in [6.07, 6.45) is 13.9. The fourth-order valence-electron chi connectivity index (χ4n) is 3.10. The van der Waals surface area contributed by atoms with Crippen LogP contribution in [-0.2, 0) is 38.3 Å². The Morgan fingerprint density at radius 1 is 0.457 bits per heavy atom. The second-order valence-electron chi connectivity index (χ2n) is 8.18. The van der Waals surface area contributed by atoms with E-state index in [1.165, 1.54) is 51.4 Å². The van der Waals surface area contributed by atoms with E-state index in [9.17, 15) is 13.0 Å². The van der Waals surface area contributed by atoms with Crippen molar-refractivity contribution in [2.24, 2.45) is 0 Å². The first-order valence-electron chi connectivity index (χ1n) is 13.0. The smallest absolute Gasteiger partial charge is 0.726 e. The van der Waals surface area contributed by atoms with E-state index in [4.69, 9.17) is 23.7 Å². The van der Waals surface area contributed by atoms with Crippen molar-refractivity contribution in [3.8, 4) is 0 Å². The maximum absolute atomic E-state index is 10.2. The van der Waals surface area contributed by atoms with Gasteiger partial charge < -0.3 is 28.2 Å². The van der Waals surface area contributed by atoms with Gasteiger partial charge in [0.25, 0.3) is 0 Å². The van der Waals surface area contributed by atoms with Crippen molar-refractivity contribution in [2.75, 3.05) is 72.7 Å². The molecular formula is C24H49NaO9S. The van der Waals surface area contributed by atoms with Crippen LogP contribution in [0.4, 0.5) is 0 Å². The molecule has 0 unspecified atom stereocenters. The van der Waals surface area contributed by atoms with Gasteiger partial charge in [-0.15, -0.1) is 0 Å². The number of unbranched alkanes of at least 4 members (excludes halogenated alkanes) is 7. The number of ether oxygens (including phenoxy) is 5. The second kappa shape index (κ2) is 30.9. The predicted octanol–water partition coefficient (Wildman–Crippen LogP) is 1.25. The summed E-state index contributed by atoms with van der Waals surface area (Å²) in [7, 11) is -4.63. The van der Waals surface area contributed by atoms with E-state index in [2.05, 4.69) is 11.1 Å². The van der Waals surface area contributed by atoms with E-state index in [0.29, 0.717) is 46.1 Å². The molecule has 0 aromatic carbocycles. The molecule has 0 fully saturated rings. The molecular weight excluding hydrogens is 487 g/mol. The first-order valence-corrected chi connectivity index (χ1v) is 14.4. The average Bonchev–Trinajstić information content (AvgIpc) is 2.80. The van der Waals surface area contributed by atoms with E-state index < -0.39 is 10.4 Å². The molecule has 0 atom stereocenters. The van der Waals surface area contributed by atoms with Crippen molar-refractivity contribution in [2.45, 2.75) is 84.0 Å². The molecule has 11 heteroatoms. The molecule has 0 aromatic heterocycles. The van der Waals surface area contributed by atoms with Gasteiger partial charge in [-0.3, -0.25) is 4.18 Å². The molecule has 0 saturated carbocycles. The van der Waals surface area contributed by atoms with Crippen molar-refractivity contribution in [3.05, 3.63) is 0 Å². The summed E-state index contributed by atoms with van der Waals surface area (Å²) in [5.74, 6) is 0. The molecule has 0 radical (unpaired) electrons. The normalized spacial score (nSPS) is 11.6. The molecule has 0 aliphatic carbocycles. The molecule has 9 nitrogen and oxygen atoms in total. The Bertz CT molecular complexity index is 495. The Morgan fingerprint density at radius 2 is 0.771 bits per heavy atom. The third kappa shape index (κ3) is 36.9. The monoisotopic (exact) mass is 536 g/mol. The Kier molecular flexibility index (Phi) is 33.4. The number of rotatable bonds is 29. The third-order valence-corrected chi connectivity index (χ3v) is 5.36. The van der Waals surface area contributed by atoms with Crippen LogP contribution in [0.1, 0.15) is 84.0 Å². The molecule has 0 N–H and O–H groups in total. The molecule has 0 heterocycles. The molecule has 0 aliphatic heterocycles. The van der Waals surface area contributed by atoms with Gasteiger partial charge in [0.1, 0.15) is 0 Å². The van der Waals surface area contributed by atoms with Crippen LogP contribution in [0.5, 0.6) is 0 Å². The Balaban J connectivity index is 0. The van der Waals surface area contributed by atoms with Gasteiger partial charge in [-0.25, -0.2) is 8.42 Å². The number of hydrogen-bond acceptors (Lipinski definition) is 9. The van der Waals surface area contributed by atoms with Gasteiger partial charge >= 0.3 is 29.6 Å². The summed E-state index contributed by atoms with van der Waals surface area (Å²) in [6, 6.07) is 0. The van der Waals surface area contributed by atoms with Crippen LogP contribution in [0.3, 0.4) is 0 Å². The van der Waals surface area contributed by atoms with Crippen LogP contribution in [0.2, 0.25) is 0 Å². The minimum atomic E-state index is -4.63. The van der Waals surface area contributed by atoms with Crippen molar-refractivity contribution in [3.63, 3.8) is 0 Å². The van der Waals surface area contributed by atoms with Crippen molar-refractivity contribution in [1.82, 2.24) is 0 Å². The molecule has 0 aromatic rings. The van der Waals surface area contributed by atoms with Gasteiger partial charge in [0.15, 0.2) is 0 Å². The van der Waals surface area contributed by atoms with Crippen molar-refractivity contribution >= 4 is 10.4 Å². The van der Waals surface area contributed by atoms with Crippen LogP contribution in [0, 0.1) is 0 Å². The molecule has 0 aliphatic rings. The Labute approximate surface area is 236 Å². The van der Waals surface area contributed by atoms with Gasteiger partial charge in [-0.2, -0.15) is 0 Å². The molecule has 35 heavy (non-hydrogen) atoms. The van der Waals surface area contributed by atoms with Crippen molar-refractivity contribution in [1.29, 1.82) is 0 Å². The zero-order valence-electron chi connectivity index (χ0n) is 22.3. The van der Waals surface area contributed by atoms with Crippen LogP contribution < -0.4 is 29.6 Å². The summed E-state index contributed by atoms with van der Waals surface area (Å²) in [4.78, 5) is 0. The summed E-state index contributed by atoms with van der Waals surface area (Å²) >= 11 is 0. The quantitative estimate of drug-likeness (QED) is 0.0603. The fourth-order valence-corrected chi connectivity index (χ4v) is 3.37. The van der Waals surface area contributed by atoms with E-state index >= 15 is 0 Å². The minimum Gasteiger partial charge on any atom is -0.726 e. The van der Waals surface area contributed by atoms with E-state index in [0.717, 1.165) is 39.1 Å². The maximum atomic E-state index is 10.2. The van der Waals surface area contributed by atoms with E-state index in [-0.39, 0.29) is 42.8 Å². The van der Waals surface area contributed by atoms with E-state index in [1.807, 2.05) is 0 Å². The largest absolute Gasteiger partial charge is 1.00 e. The second-order valence-corrected chi connectivity index (χ2v) is 9.23. The van der Waals surface area contributed by atoms with Crippen LogP contribution in [0.25, 0.3) is 0 Å². The molecule has 206 valence electrons. The zero-order valence-corrected chi connectivity index (χ0v) is 25.2. The summed E-state index contributed by atoms with van der Waals surface area (Å²) in [5, 5.41) is 0. The molecule has 0 saturated heterocycles. The number of hydrogen-bond donors (Lipinski definition) is 0. The fraction of sp³-hybridized carbons (Fsp3) is 1.00. The predicted molar refractivity (Wildman–Crippen MR) is 131 cm³/mol. The van der Waals surface area contributed by atoms with Gasteiger partial charge in [0, 0.05) is 59.5 Å². The Morgan fingerprint density at radius 3 is 1.14 bits per heavy atom. The van der Waals surface area contributed by atoms with Crippen LogP contribution >= 0.6 is 0 Å². The standard InChI is InChI=1S/C24H50O9S.Na/c1-2-3-4-5-6-7-8-9-14-28-15-10-16-29-17-11-18-30-19-12-20-31-21-13-22-32-23-24-33-34(25,26)27;/h2-24H2,1H3,(H,25,26,27);/q;+1/p-1. The minimum absolute atomic E-state index is 0. The SMILES string of the molecule is CCCCCCCCCCOCCCOCCCOCCCOCCCOCCOS(=O)(=O)[O-].[Na+]. The van der Waals surface area contributed by atoms with Gasteiger partial charge in [-0.05, 0) is 32.1 Å². The zero-order chi connectivity index (χ0) is 25.0. The Hall–Kier alpha value is 0.670. The molecule has 0 spiro atoms. The van der Waals surface area contributed by atoms with Crippen LogP contribution in [-0.4, -0.2) is 85.6 Å². The molecule has 0 rings (SSSR count). The van der Waals surface area contributed by atoms with E-state index in [1.54, 1.807) is 0 Å². The average molecular weight is 537 g/mol. The van der Waals surface area contributed by atoms with Crippen LogP contribution in [0.15, 0.2) is 0 Å². The summed E-state index contributed by atoms with van der Waals surface area (Å²) < 4.78 is 62.0. The summed E-state index contributed by atoms with van der Waals surface area (Å²) in [5.41, 5.74) is 0. The maximum Gasteiger partial charge on any atom is 1.00 e. The van der Waals surface area contributed by atoms with Gasteiger partial charge in [-0.1, -0.05) is 51.9 Å². The third-order valence-electron chi connectivity index (χ3n) is 4.91. The summed E-state index contributed by atoms with van der Waals surface area (Å²) in [6.45, 7) is 8.08. The van der Waals surface area contributed by atoms with Gasteiger partial charge in [0.2, 0.25) is 10.4 Å².